The molecule has 0 saturated carbocycles. The van der Waals surface area contributed by atoms with Gasteiger partial charge in [-0.1, -0.05) is 31.2 Å². The lowest BCUT2D eigenvalue weighted by atomic mass is 10.1. The maximum atomic E-state index is 13.0. The Bertz CT molecular complexity index is 770. The highest BCUT2D eigenvalue weighted by molar-refractivity contribution is 6.09. The van der Waals surface area contributed by atoms with Crippen LogP contribution in [-0.4, -0.2) is 24.4 Å². The van der Waals surface area contributed by atoms with Gasteiger partial charge in [0.2, 0.25) is 0 Å². The molecule has 0 spiro atoms. The minimum absolute atomic E-state index is 0.0578. The second-order valence-corrected chi connectivity index (χ2v) is 6.19. The number of para-hydroxylation sites is 1. The van der Waals surface area contributed by atoms with Crippen molar-refractivity contribution in [2.24, 2.45) is 0 Å². The third-order valence-corrected chi connectivity index (χ3v) is 4.33. The van der Waals surface area contributed by atoms with Gasteiger partial charge in [-0.05, 0) is 49.6 Å². The summed E-state index contributed by atoms with van der Waals surface area (Å²) in [5, 5.41) is 2.84. The molecule has 24 heavy (non-hydrogen) atoms. The first-order valence-corrected chi connectivity index (χ1v) is 8.41. The maximum absolute atomic E-state index is 13.0. The molecule has 1 heterocycles. The quantitative estimate of drug-likeness (QED) is 0.937. The van der Waals surface area contributed by atoms with Crippen LogP contribution in [0.2, 0.25) is 0 Å². The van der Waals surface area contributed by atoms with Crippen LogP contribution in [-0.2, 0) is 6.42 Å². The van der Waals surface area contributed by atoms with Gasteiger partial charge in [-0.25, -0.2) is 0 Å². The Morgan fingerprint density at radius 3 is 2.67 bits per heavy atom. The molecule has 0 bridgehead atoms. The summed E-state index contributed by atoms with van der Waals surface area (Å²) in [5.41, 5.74) is 3.23. The molecule has 1 N–H and O–H groups in total. The van der Waals surface area contributed by atoms with Crippen molar-refractivity contribution in [2.45, 2.75) is 32.7 Å². The van der Waals surface area contributed by atoms with Crippen LogP contribution in [0.15, 0.2) is 48.5 Å². The fourth-order valence-electron chi connectivity index (χ4n) is 3.15. The molecule has 0 saturated heterocycles. The molecular formula is C20H22N2O2. The van der Waals surface area contributed by atoms with Crippen molar-refractivity contribution in [3.63, 3.8) is 0 Å². The van der Waals surface area contributed by atoms with Crippen LogP contribution in [0.4, 0.5) is 5.69 Å². The van der Waals surface area contributed by atoms with Crippen molar-refractivity contribution in [3.05, 3.63) is 65.2 Å². The number of carbonyl (C=O) groups excluding carboxylic acids is 2. The number of amides is 2. The first-order chi connectivity index (χ1) is 11.6. The summed E-state index contributed by atoms with van der Waals surface area (Å²) in [5.74, 6) is -0.195. The molecule has 4 nitrogen and oxygen atoms in total. The highest BCUT2D eigenvalue weighted by atomic mass is 16.2. The molecule has 0 aliphatic carbocycles. The molecule has 2 amide bonds. The molecule has 3 rings (SSSR count). The van der Waals surface area contributed by atoms with Gasteiger partial charge in [0.15, 0.2) is 0 Å². The standard InChI is InChI=1S/C20H22N2O2/c1-3-11-21-19(23)16-8-6-9-17(13-16)20(24)22-14(2)12-15-7-4-5-10-18(15)22/h4-10,13-14H,3,11-12H2,1-2H3,(H,21,23). The van der Waals surface area contributed by atoms with Gasteiger partial charge in [-0.15, -0.1) is 0 Å². The van der Waals surface area contributed by atoms with E-state index in [0.717, 1.165) is 18.5 Å². The van der Waals surface area contributed by atoms with Gasteiger partial charge in [0.1, 0.15) is 0 Å². The van der Waals surface area contributed by atoms with E-state index in [1.165, 1.54) is 5.56 Å². The van der Waals surface area contributed by atoms with Gasteiger partial charge in [-0.2, -0.15) is 0 Å². The molecule has 0 aromatic heterocycles. The van der Waals surface area contributed by atoms with Crippen LogP contribution in [0.1, 0.15) is 46.5 Å². The monoisotopic (exact) mass is 322 g/mol. The van der Waals surface area contributed by atoms with Crippen LogP contribution in [0, 0.1) is 0 Å². The van der Waals surface area contributed by atoms with Crippen molar-refractivity contribution in [3.8, 4) is 0 Å². The fraction of sp³-hybridized carbons (Fsp3) is 0.300. The molecule has 0 fully saturated rings. The summed E-state index contributed by atoms with van der Waals surface area (Å²) in [6.07, 6.45) is 1.74. The zero-order valence-electron chi connectivity index (χ0n) is 14.1. The van der Waals surface area contributed by atoms with Gasteiger partial charge >= 0.3 is 0 Å². The summed E-state index contributed by atoms with van der Waals surface area (Å²) in [4.78, 5) is 27.0. The maximum Gasteiger partial charge on any atom is 0.258 e. The summed E-state index contributed by atoms with van der Waals surface area (Å²) < 4.78 is 0. The second kappa shape index (κ2) is 6.87. The third kappa shape index (κ3) is 3.04. The summed E-state index contributed by atoms with van der Waals surface area (Å²) in [6, 6.07) is 15.1. The number of carbonyl (C=O) groups is 2. The summed E-state index contributed by atoms with van der Waals surface area (Å²) in [7, 11) is 0. The largest absolute Gasteiger partial charge is 0.352 e. The van der Waals surface area contributed by atoms with Gasteiger partial charge in [-0.3, -0.25) is 9.59 Å². The smallest absolute Gasteiger partial charge is 0.258 e. The average molecular weight is 322 g/mol. The molecule has 124 valence electrons. The first kappa shape index (κ1) is 16.2. The molecule has 2 aromatic carbocycles. The molecule has 4 heteroatoms. The van der Waals surface area contributed by atoms with Crippen LogP contribution < -0.4 is 10.2 Å². The van der Waals surface area contributed by atoms with Crippen molar-refractivity contribution in [1.29, 1.82) is 0 Å². The number of nitrogens with zero attached hydrogens (tertiary/aromatic N) is 1. The Kier molecular flexibility index (Phi) is 4.65. The summed E-state index contributed by atoms with van der Waals surface area (Å²) >= 11 is 0. The molecule has 2 aromatic rings. The normalized spacial score (nSPS) is 15.9. The lowest BCUT2D eigenvalue weighted by Gasteiger charge is -2.23. The van der Waals surface area contributed by atoms with Crippen LogP contribution >= 0.6 is 0 Å². The number of hydrogen-bond donors (Lipinski definition) is 1. The minimum Gasteiger partial charge on any atom is -0.352 e. The number of fused-ring (bicyclic) bond motifs is 1. The zero-order valence-corrected chi connectivity index (χ0v) is 14.1. The Morgan fingerprint density at radius 2 is 1.88 bits per heavy atom. The molecular weight excluding hydrogens is 300 g/mol. The topological polar surface area (TPSA) is 49.4 Å². The predicted octanol–water partition coefficient (Wildman–Crippen LogP) is 3.42. The number of rotatable bonds is 4. The van der Waals surface area contributed by atoms with Gasteiger partial charge in [0.25, 0.3) is 11.8 Å². The number of anilines is 1. The number of benzene rings is 2. The summed E-state index contributed by atoms with van der Waals surface area (Å²) in [6.45, 7) is 4.69. The number of nitrogens with one attached hydrogen (secondary N) is 1. The molecule has 1 atom stereocenters. The first-order valence-electron chi connectivity index (χ1n) is 8.41. The highest BCUT2D eigenvalue weighted by Gasteiger charge is 2.31. The highest BCUT2D eigenvalue weighted by Crippen LogP contribution is 2.33. The Morgan fingerprint density at radius 1 is 1.12 bits per heavy atom. The van der Waals surface area contributed by atoms with E-state index in [1.54, 1.807) is 24.3 Å². The van der Waals surface area contributed by atoms with E-state index in [9.17, 15) is 9.59 Å². The van der Waals surface area contributed by atoms with Gasteiger partial charge < -0.3 is 10.2 Å². The Hall–Kier alpha value is -2.62. The van der Waals surface area contributed by atoms with E-state index in [1.807, 2.05) is 30.0 Å². The van der Waals surface area contributed by atoms with E-state index in [0.29, 0.717) is 17.7 Å². The molecule has 1 unspecified atom stereocenters. The van der Waals surface area contributed by atoms with Crippen molar-refractivity contribution in [1.82, 2.24) is 5.32 Å². The van der Waals surface area contributed by atoms with E-state index in [4.69, 9.17) is 0 Å². The van der Waals surface area contributed by atoms with Crippen LogP contribution in [0.25, 0.3) is 0 Å². The molecule has 1 aliphatic heterocycles. The van der Waals surface area contributed by atoms with E-state index in [2.05, 4.69) is 18.3 Å². The SMILES string of the molecule is CCCNC(=O)c1cccc(C(=O)N2c3ccccc3CC2C)c1. The fourth-order valence-corrected chi connectivity index (χ4v) is 3.15. The van der Waals surface area contributed by atoms with E-state index < -0.39 is 0 Å². The zero-order chi connectivity index (χ0) is 17.1. The molecule has 1 aliphatic rings. The third-order valence-electron chi connectivity index (χ3n) is 4.33. The van der Waals surface area contributed by atoms with Gasteiger partial charge in [0, 0.05) is 29.4 Å². The van der Waals surface area contributed by atoms with Crippen molar-refractivity contribution >= 4 is 17.5 Å². The van der Waals surface area contributed by atoms with Crippen molar-refractivity contribution < 1.29 is 9.59 Å². The van der Waals surface area contributed by atoms with Crippen LogP contribution in [0.5, 0.6) is 0 Å². The molecule has 0 radical (unpaired) electrons. The Labute approximate surface area is 142 Å². The Balaban J connectivity index is 1.87. The number of hydrogen-bond acceptors (Lipinski definition) is 2. The van der Waals surface area contributed by atoms with Gasteiger partial charge in [0.05, 0.1) is 0 Å². The lowest BCUT2D eigenvalue weighted by molar-refractivity contribution is 0.0953. The second-order valence-electron chi connectivity index (χ2n) is 6.19. The predicted molar refractivity (Wildman–Crippen MR) is 95.5 cm³/mol. The van der Waals surface area contributed by atoms with Crippen molar-refractivity contribution in [2.75, 3.05) is 11.4 Å². The lowest BCUT2D eigenvalue weighted by Crippen LogP contribution is -2.36. The minimum atomic E-state index is -0.138. The van der Waals surface area contributed by atoms with Crippen LogP contribution in [0.3, 0.4) is 0 Å². The van der Waals surface area contributed by atoms with E-state index in [-0.39, 0.29) is 17.9 Å². The average Bonchev–Trinajstić information content (AvgIpc) is 2.94. The van der Waals surface area contributed by atoms with E-state index >= 15 is 0 Å².